The molecule has 1 saturated heterocycles. The lowest BCUT2D eigenvalue weighted by Gasteiger charge is -2.42. The lowest BCUT2D eigenvalue weighted by Crippen LogP contribution is -2.52. The van der Waals surface area contributed by atoms with Gasteiger partial charge in [0.15, 0.2) is 0 Å². The fraction of sp³-hybridized carbons (Fsp3) is 1.00. The highest BCUT2D eigenvalue weighted by Crippen LogP contribution is 2.32. The SMILES string of the molecule is COC1(C)CCCN(CC2(O)CCCC2)C1. The molecule has 0 spiro atoms. The number of methoxy groups -OCH3 is 1. The fourth-order valence-corrected chi connectivity index (χ4v) is 3.22. The molecule has 0 aromatic heterocycles. The molecule has 2 aliphatic rings. The number of β-amino-alcohol motifs (C(OH)–C–C–N with tert-alkyl or cyclic N) is 1. The van der Waals surface area contributed by atoms with Crippen molar-refractivity contribution in [3.05, 3.63) is 0 Å². The lowest BCUT2D eigenvalue weighted by molar-refractivity contribution is -0.0733. The standard InChI is InChI=1S/C13H25NO2/c1-12(16-2)6-5-9-14(10-12)11-13(15)7-3-4-8-13/h15H,3-11H2,1-2H3. The van der Waals surface area contributed by atoms with Crippen LogP contribution in [0.3, 0.4) is 0 Å². The zero-order valence-corrected chi connectivity index (χ0v) is 10.7. The predicted octanol–water partition coefficient (Wildman–Crippen LogP) is 1.79. The summed E-state index contributed by atoms with van der Waals surface area (Å²) in [5, 5.41) is 10.4. The van der Waals surface area contributed by atoms with Gasteiger partial charge in [-0.3, -0.25) is 4.90 Å². The van der Waals surface area contributed by atoms with E-state index in [1.54, 1.807) is 7.11 Å². The molecule has 0 radical (unpaired) electrons. The maximum Gasteiger partial charge on any atom is 0.0777 e. The number of nitrogens with zero attached hydrogens (tertiary/aromatic N) is 1. The summed E-state index contributed by atoms with van der Waals surface area (Å²) in [6.07, 6.45) is 6.65. The molecule has 3 heteroatoms. The summed E-state index contributed by atoms with van der Waals surface area (Å²) in [5.74, 6) is 0. The van der Waals surface area contributed by atoms with Crippen molar-refractivity contribution in [1.82, 2.24) is 4.90 Å². The Morgan fingerprint density at radius 1 is 1.19 bits per heavy atom. The second-order valence-electron chi connectivity index (χ2n) is 5.90. The summed E-state index contributed by atoms with van der Waals surface area (Å²) in [6, 6.07) is 0. The van der Waals surface area contributed by atoms with Crippen LogP contribution in [0.5, 0.6) is 0 Å². The second kappa shape index (κ2) is 4.63. The van der Waals surface area contributed by atoms with Gasteiger partial charge < -0.3 is 9.84 Å². The first-order valence-corrected chi connectivity index (χ1v) is 6.55. The van der Waals surface area contributed by atoms with Crippen molar-refractivity contribution >= 4 is 0 Å². The van der Waals surface area contributed by atoms with Crippen molar-refractivity contribution in [2.24, 2.45) is 0 Å². The van der Waals surface area contributed by atoms with Crippen LogP contribution < -0.4 is 0 Å². The highest BCUT2D eigenvalue weighted by Gasteiger charge is 2.37. The minimum Gasteiger partial charge on any atom is -0.389 e. The Hall–Kier alpha value is -0.120. The molecule has 3 nitrogen and oxygen atoms in total. The molecule has 94 valence electrons. The first-order chi connectivity index (χ1) is 7.55. The van der Waals surface area contributed by atoms with E-state index in [0.717, 1.165) is 38.9 Å². The number of hydrogen-bond acceptors (Lipinski definition) is 3. The minimum atomic E-state index is -0.411. The molecular formula is C13H25NO2. The van der Waals surface area contributed by atoms with Gasteiger partial charge in [-0.05, 0) is 39.2 Å². The summed E-state index contributed by atoms with van der Waals surface area (Å²) in [5.41, 5.74) is -0.417. The molecule has 1 aliphatic carbocycles. The molecule has 2 rings (SSSR count). The van der Waals surface area contributed by atoms with Gasteiger partial charge in [-0.15, -0.1) is 0 Å². The molecule has 1 N–H and O–H groups in total. The summed E-state index contributed by atoms with van der Waals surface area (Å²) >= 11 is 0. The second-order valence-corrected chi connectivity index (χ2v) is 5.90. The molecule has 0 aromatic rings. The van der Waals surface area contributed by atoms with Crippen LogP contribution in [0.4, 0.5) is 0 Å². The first-order valence-electron chi connectivity index (χ1n) is 6.55. The smallest absolute Gasteiger partial charge is 0.0777 e. The van der Waals surface area contributed by atoms with Crippen LogP contribution in [0, 0.1) is 0 Å². The third-order valence-electron chi connectivity index (χ3n) is 4.28. The molecule has 0 amide bonds. The molecular weight excluding hydrogens is 202 g/mol. The third-order valence-corrected chi connectivity index (χ3v) is 4.28. The highest BCUT2D eigenvalue weighted by atomic mass is 16.5. The fourth-order valence-electron chi connectivity index (χ4n) is 3.22. The van der Waals surface area contributed by atoms with Crippen molar-refractivity contribution in [1.29, 1.82) is 0 Å². The average molecular weight is 227 g/mol. The summed E-state index contributed by atoms with van der Waals surface area (Å²) in [7, 11) is 1.80. The molecule has 1 saturated carbocycles. The van der Waals surface area contributed by atoms with Crippen LogP contribution in [0.1, 0.15) is 45.4 Å². The Kier molecular flexibility index (Phi) is 3.57. The van der Waals surface area contributed by atoms with E-state index >= 15 is 0 Å². The van der Waals surface area contributed by atoms with Crippen molar-refractivity contribution in [2.45, 2.75) is 56.7 Å². The van der Waals surface area contributed by atoms with Crippen molar-refractivity contribution in [3.63, 3.8) is 0 Å². The van der Waals surface area contributed by atoms with Crippen molar-refractivity contribution < 1.29 is 9.84 Å². The van der Waals surface area contributed by atoms with Crippen molar-refractivity contribution in [2.75, 3.05) is 26.7 Å². The van der Waals surface area contributed by atoms with E-state index in [0.29, 0.717) is 0 Å². The number of piperidine rings is 1. The summed E-state index contributed by atoms with van der Waals surface area (Å²) in [6.45, 7) is 5.09. The Morgan fingerprint density at radius 2 is 1.88 bits per heavy atom. The topological polar surface area (TPSA) is 32.7 Å². The van der Waals surface area contributed by atoms with E-state index in [1.807, 2.05) is 0 Å². The minimum absolute atomic E-state index is 0.00673. The molecule has 2 fully saturated rings. The number of aliphatic hydroxyl groups is 1. The van der Waals surface area contributed by atoms with Crippen LogP contribution in [-0.2, 0) is 4.74 Å². The van der Waals surface area contributed by atoms with E-state index < -0.39 is 5.60 Å². The average Bonchev–Trinajstić information content (AvgIpc) is 2.65. The predicted molar refractivity (Wildman–Crippen MR) is 64.5 cm³/mol. The van der Waals surface area contributed by atoms with Gasteiger partial charge in [0.05, 0.1) is 11.2 Å². The van der Waals surface area contributed by atoms with Gasteiger partial charge in [0.25, 0.3) is 0 Å². The molecule has 1 heterocycles. The molecule has 1 aliphatic heterocycles. The zero-order valence-electron chi connectivity index (χ0n) is 10.7. The number of likely N-dealkylation sites (tertiary alicyclic amines) is 1. The maximum absolute atomic E-state index is 10.4. The summed E-state index contributed by atoms with van der Waals surface area (Å²) < 4.78 is 5.58. The van der Waals surface area contributed by atoms with Gasteiger partial charge in [-0.25, -0.2) is 0 Å². The van der Waals surface area contributed by atoms with Crippen LogP contribution >= 0.6 is 0 Å². The largest absolute Gasteiger partial charge is 0.389 e. The van der Waals surface area contributed by atoms with Crippen LogP contribution in [0.25, 0.3) is 0 Å². The van der Waals surface area contributed by atoms with Crippen molar-refractivity contribution in [3.8, 4) is 0 Å². The van der Waals surface area contributed by atoms with Crippen LogP contribution in [0.15, 0.2) is 0 Å². The molecule has 0 bridgehead atoms. The van der Waals surface area contributed by atoms with Gasteiger partial charge in [0.2, 0.25) is 0 Å². The van der Waals surface area contributed by atoms with E-state index in [2.05, 4.69) is 11.8 Å². The third kappa shape index (κ3) is 2.76. The van der Waals surface area contributed by atoms with Crippen LogP contribution in [-0.4, -0.2) is 48.0 Å². The normalized spacial score (nSPS) is 35.4. The number of ether oxygens (including phenoxy) is 1. The van der Waals surface area contributed by atoms with E-state index in [1.165, 1.54) is 19.3 Å². The van der Waals surface area contributed by atoms with Gasteiger partial charge in [0.1, 0.15) is 0 Å². The Labute approximate surface area is 98.8 Å². The molecule has 16 heavy (non-hydrogen) atoms. The molecule has 0 aromatic carbocycles. The van der Waals surface area contributed by atoms with E-state index in [9.17, 15) is 5.11 Å². The maximum atomic E-state index is 10.4. The summed E-state index contributed by atoms with van der Waals surface area (Å²) in [4.78, 5) is 2.39. The monoisotopic (exact) mass is 227 g/mol. The van der Waals surface area contributed by atoms with E-state index in [4.69, 9.17) is 4.74 Å². The van der Waals surface area contributed by atoms with Gasteiger partial charge in [-0.2, -0.15) is 0 Å². The van der Waals surface area contributed by atoms with Gasteiger partial charge in [-0.1, -0.05) is 12.8 Å². The Morgan fingerprint density at radius 3 is 2.50 bits per heavy atom. The quantitative estimate of drug-likeness (QED) is 0.798. The van der Waals surface area contributed by atoms with Crippen LogP contribution in [0.2, 0.25) is 0 Å². The Balaban J connectivity index is 1.90. The van der Waals surface area contributed by atoms with E-state index in [-0.39, 0.29) is 5.60 Å². The zero-order chi connectivity index (χ0) is 11.6. The molecule has 1 atom stereocenters. The van der Waals surface area contributed by atoms with Gasteiger partial charge >= 0.3 is 0 Å². The number of rotatable bonds is 3. The van der Waals surface area contributed by atoms with Gasteiger partial charge in [0, 0.05) is 20.2 Å². The Bertz CT molecular complexity index is 238. The highest BCUT2D eigenvalue weighted by molar-refractivity contribution is 4.91. The molecule has 1 unspecified atom stereocenters. The lowest BCUT2D eigenvalue weighted by atomic mass is 9.92. The first kappa shape index (κ1) is 12.3. The number of hydrogen-bond donors (Lipinski definition) is 1.